The minimum Gasteiger partial charge on any atom is -0.490 e. The molecule has 0 aliphatic carbocycles. The fourth-order valence-electron chi connectivity index (χ4n) is 2.76. The summed E-state index contributed by atoms with van der Waals surface area (Å²) in [4.78, 5) is 31.9. The van der Waals surface area contributed by atoms with Gasteiger partial charge in [-0.25, -0.2) is 9.78 Å². The topological polar surface area (TPSA) is 80.8 Å². The quantitative estimate of drug-likeness (QED) is 0.738. The number of fused-ring (bicyclic) bond motifs is 1. The molecule has 0 spiro atoms. The Balaban J connectivity index is 1.62. The number of carbonyl (C=O) groups is 2. The molecule has 0 fully saturated rings. The van der Waals surface area contributed by atoms with Gasteiger partial charge in [0.2, 0.25) is 0 Å². The zero-order valence-corrected chi connectivity index (χ0v) is 17.7. The highest BCUT2D eigenvalue weighted by molar-refractivity contribution is 7.15. The molecule has 1 aromatic heterocycles. The van der Waals surface area contributed by atoms with Gasteiger partial charge in [-0.05, 0) is 45.0 Å². The van der Waals surface area contributed by atoms with Crippen molar-refractivity contribution in [2.45, 2.75) is 39.3 Å². The second-order valence-electron chi connectivity index (χ2n) is 7.62. The third-order valence-corrected chi connectivity index (χ3v) is 5.09. The van der Waals surface area contributed by atoms with Crippen LogP contribution in [0.15, 0.2) is 36.9 Å². The highest BCUT2D eigenvalue weighted by atomic mass is 32.1. The van der Waals surface area contributed by atoms with E-state index in [4.69, 9.17) is 9.47 Å². The van der Waals surface area contributed by atoms with Gasteiger partial charge in [0.05, 0.1) is 12.2 Å². The average Bonchev–Trinajstić information content (AvgIpc) is 3.06. The minimum atomic E-state index is -0.531. The number of anilines is 1. The Bertz CT molecular complexity index is 900. The molecule has 0 unspecified atom stereocenters. The summed E-state index contributed by atoms with van der Waals surface area (Å²) < 4.78 is 10.9. The predicted molar refractivity (Wildman–Crippen MR) is 113 cm³/mol. The highest BCUT2D eigenvalue weighted by Crippen LogP contribution is 2.29. The molecule has 1 aliphatic heterocycles. The SMILES string of the molecule is C=CCOc1ccc(C(=O)Nc2nc3c(s2)CN(C(=O)OC(C)(C)C)CC3)cc1. The Morgan fingerprint density at radius 1 is 1.31 bits per heavy atom. The van der Waals surface area contributed by atoms with E-state index in [0.717, 1.165) is 10.6 Å². The van der Waals surface area contributed by atoms with Crippen LogP contribution >= 0.6 is 11.3 Å². The normalized spacial score (nSPS) is 13.4. The van der Waals surface area contributed by atoms with Crippen molar-refractivity contribution in [3.8, 4) is 5.75 Å². The number of benzene rings is 1. The molecular weight excluding hydrogens is 390 g/mol. The summed E-state index contributed by atoms with van der Waals surface area (Å²) in [6, 6.07) is 6.88. The number of aromatic nitrogens is 1. The van der Waals surface area contributed by atoms with Crippen LogP contribution < -0.4 is 10.1 Å². The number of amides is 2. The molecule has 154 valence electrons. The van der Waals surface area contributed by atoms with Crippen LogP contribution in [0, 0.1) is 0 Å². The van der Waals surface area contributed by atoms with Crippen LogP contribution in [0.5, 0.6) is 5.75 Å². The number of ether oxygens (including phenoxy) is 2. The van der Waals surface area contributed by atoms with E-state index in [1.165, 1.54) is 11.3 Å². The van der Waals surface area contributed by atoms with Crippen LogP contribution in [0.3, 0.4) is 0 Å². The molecule has 7 nitrogen and oxygen atoms in total. The maximum Gasteiger partial charge on any atom is 0.410 e. The van der Waals surface area contributed by atoms with Crippen molar-refractivity contribution in [3.63, 3.8) is 0 Å². The molecule has 1 aromatic carbocycles. The Labute approximate surface area is 174 Å². The Morgan fingerprint density at radius 3 is 2.69 bits per heavy atom. The van der Waals surface area contributed by atoms with Gasteiger partial charge in [-0.2, -0.15) is 0 Å². The number of hydrogen-bond donors (Lipinski definition) is 1. The molecule has 1 aliphatic rings. The monoisotopic (exact) mass is 415 g/mol. The summed E-state index contributed by atoms with van der Waals surface area (Å²) >= 11 is 1.38. The zero-order chi connectivity index (χ0) is 21.0. The van der Waals surface area contributed by atoms with Crippen LogP contribution in [-0.4, -0.2) is 40.6 Å². The van der Waals surface area contributed by atoms with Crippen molar-refractivity contribution in [1.29, 1.82) is 0 Å². The third-order valence-electron chi connectivity index (χ3n) is 4.09. The van der Waals surface area contributed by atoms with Gasteiger partial charge >= 0.3 is 6.09 Å². The lowest BCUT2D eigenvalue weighted by Crippen LogP contribution is -2.39. The smallest absolute Gasteiger partial charge is 0.410 e. The molecule has 3 rings (SSSR count). The van der Waals surface area contributed by atoms with Gasteiger partial charge in [-0.15, -0.1) is 0 Å². The maximum absolute atomic E-state index is 12.5. The van der Waals surface area contributed by atoms with E-state index in [1.54, 1.807) is 35.2 Å². The molecule has 0 bridgehead atoms. The molecule has 0 saturated carbocycles. The van der Waals surface area contributed by atoms with E-state index in [9.17, 15) is 9.59 Å². The lowest BCUT2D eigenvalue weighted by atomic mass is 10.2. The van der Waals surface area contributed by atoms with E-state index in [1.807, 2.05) is 20.8 Å². The first-order valence-corrected chi connectivity index (χ1v) is 10.2. The fourth-order valence-corrected chi connectivity index (χ4v) is 3.78. The molecule has 2 aromatic rings. The van der Waals surface area contributed by atoms with Gasteiger partial charge in [-0.1, -0.05) is 24.0 Å². The van der Waals surface area contributed by atoms with Crippen LogP contribution in [0.2, 0.25) is 0 Å². The maximum atomic E-state index is 12.5. The van der Waals surface area contributed by atoms with Crippen molar-refractivity contribution >= 4 is 28.5 Å². The third kappa shape index (κ3) is 5.57. The van der Waals surface area contributed by atoms with Crippen molar-refractivity contribution in [1.82, 2.24) is 9.88 Å². The first kappa shape index (κ1) is 20.9. The molecule has 0 radical (unpaired) electrons. The lowest BCUT2D eigenvalue weighted by molar-refractivity contribution is 0.0225. The number of carbonyl (C=O) groups excluding carboxylic acids is 2. The van der Waals surface area contributed by atoms with Gasteiger partial charge < -0.3 is 14.4 Å². The second-order valence-corrected chi connectivity index (χ2v) is 8.70. The van der Waals surface area contributed by atoms with Crippen LogP contribution in [0.4, 0.5) is 9.93 Å². The van der Waals surface area contributed by atoms with Crippen LogP contribution in [-0.2, 0) is 17.7 Å². The number of thiazole rings is 1. The van der Waals surface area contributed by atoms with E-state index >= 15 is 0 Å². The van der Waals surface area contributed by atoms with Gasteiger partial charge in [0.15, 0.2) is 5.13 Å². The van der Waals surface area contributed by atoms with Crippen LogP contribution in [0.1, 0.15) is 41.7 Å². The summed E-state index contributed by atoms with van der Waals surface area (Å²) in [5.41, 5.74) is 0.897. The molecule has 29 heavy (non-hydrogen) atoms. The first-order chi connectivity index (χ1) is 13.7. The van der Waals surface area contributed by atoms with E-state index < -0.39 is 5.60 Å². The molecular formula is C21H25N3O4S. The largest absolute Gasteiger partial charge is 0.490 e. The lowest BCUT2D eigenvalue weighted by Gasteiger charge is -2.29. The molecule has 2 heterocycles. The number of nitrogens with one attached hydrogen (secondary N) is 1. The average molecular weight is 416 g/mol. The summed E-state index contributed by atoms with van der Waals surface area (Å²) in [6.07, 6.45) is 1.96. The zero-order valence-electron chi connectivity index (χ0n) is 16.9. The molecule has 2 amide bonds. The van der Waals surface area contributed by atoms with Gasteiger partial charge in [0.1, 0.15) is 18.0 Å². The van der Waals surface area contributed by atoms with E-state index in [2.05, 4.69) is 16.9 Å². The standard InChI is InChI=1S/C21H25N3O4S/c1-5-12-27-15-8-6-14(7-9-15)18(25)23-19-22-16-10-11-24(13-17(16)29-19)20(26)28-21(2,3)4/h5-9H,1,10-13H2,2-4H3,(H,22,23,25). The van der Waals surface area contributed by atoms with Crippen molar-refractivity contribution in [3.05, 3.63) is 53.1 Å². The van der Waals surface area contributed by atoms with Gasteiger partial charge in [0, 0.05) is 23.4 Å². The Morgan fingerprint density at radius 2 is 2.03 bits per heavy atom. The van der Waals surface area contributed by atoms with Gasteiger partial charge in [-0.3, -0.25) is 10.1 Å². The van der Waals surface area contributed by atoms with Crippen LogP contribution in [0.25, 0.3) is 0 Å². The molecule has 8 heteroatoms. The summed E-state index contributed by atoms with van der Waals surface area (Å²) in [5.74, 6) is 0.434. The van der Waals surface area contributed by atoms with Crippen molar-refractivity contribution < 1.29 is 19.1 Å². The molecule has 0 atom stereocenters. The number of nitrogens with zero attached hydrogens (tertiary/aromatic N) is 2. The molecule has 1 N–H and O–H groups in total. The number of hydrogen-bond acceptors (Lipinski definition) is 6. The molecule has 0 saturated heterocycles. The highest BCUT2D eigenvalue weighted by Gasteiger charge is 2.28. The van der Waals surface area contributed by atoms with Gasteiger partial charge in [0.25, 0.3) is 5.91 Å². The Hall–Kier alpha value is -2.87. The predicted octanol–water partition coefficient (Wildman–Crippen LogP) is 4.25. The van der Waals surface area contributed by atoms with E-state index in [0.29, 0.717) is 42.6 Å². The summed E-state index contributed by atoms with van der Waals surface area (Å²) in [7, 11) is 0. The minimum absolute atomic E-state index is 0.240. The first-order valence-electron chi connectivity index (χ1n) is 9.37. The second kappa shape index (κ2) is 8.65. The summed E-state index contributed by atoms with van der Waals surface area (Å²) in [5, 5.41) is 3.36. The summed E-state index contributed by atoms with van der Waals surface area (Å²) in [6.45, 7) is 10.5. The van der Waals surface area contributed by atoms with Crippen molar-refractivity contribution in [2.24, 2.45) is 0 Å². The van der Waals surface area contributed by atoms with E-state index in [-0.39, 0.29) is 12.0 Å². The van der Waals surface area contributed by atoms with Crippen molar-refractivity contribution in [2.75, 3.05) is 18.5 Å². The Kier molecular flexibility index (Phi) is 6.22. The number of rotatable bonds is 5. The fraction of sp³-hybridized carbons (Fsp3) is 0.381.